The van der Waals surface area contributed by atoms with Gasteiger partial charge in [-0.1, -0.05) is 12.1 Å². The molecule has 0 aliphatic carbocycles. The number of carbonyl (C=O) groups is 1. The first kappa shape index (κ1) is 12.7. The molecule has 0 fully saturated rings. The number of anilines is 2. The zero-order valence-corrected chi connectivity index (χ0v) is 11.4. The lowest BCUT2D eigenvalue weighted by molar-refractivity contribution is 0.102. The minimum absolute atomic E-state index is 0.136. The molecule has 0 aromatic heterocycles. The van der Waals surface area contributed by atoms with E-state index >= 15 is 0 Å². The number of carbonyl (C=O) groups excluding carboxylic acids is 1. The van der Waals surface area contributed by atoms with Crippen molar-refractivity contribution in [2.45, 2.75) is 13.1 Å². The van der Waals surface area contributed by atoms with E-state index in [1.54, 1.807) is 24.3 Å². The summed E-state index contributed by atoms with van der Waals surface area (Å²) in [5, 5.41) is 2.92. The third kappa shape index (κ3) is 2.51. The number of fused-ring (bicyclic) bond motifs is 1. The smallest absolute Gasteiger partial charge is 0.255 e. The minimum Gasteiger partial charge on any atom is -0.399 e. The molecule has 0 atom stereocenters. The van der Waals surface area contributed by atoms with Crippen LogP contribution in [0, 0.1) is 0 Å². The van der Waals surface area contributed by atoms with Gasteiger partial charge in [-0.25, -0.2) is 0 Å². The van der Waals surface area contributed by atoms with Gasteiger partial charge in [0.15, 0.2) is 0 Å². The van der Waals surface area contributed by atoms with Crippen molar-refractivity contribution in [2.75, 3.05) is 18.1 Å². The summed E-state index contributed by atoms with van der Waals surface area (Å²) >= 11 is 0. The normalized spacial score (nSPS) is 14.1. The Labute approximate surface area is 118 Å². The number of nitrogens with one attached hydrogen (secondary N) is 1. The molecule has 1 aliphatic rings. The van der Waals surface area contributed by atoms with Gasteiger partial charge in [0, 0.05) is 30.0 Å². The maximum absolute atomic E-state index is 12.2. The van der Waals surface area contributed by atoms with Crippen LogP contribution in [0.5, 0.6) is 0 Å². The van der Waals surface area contributed by atoms with Crippen LogP contribution in [0.25, 0.3) is 0 Å². The van der Waals surface area contributed by atoms with Gasteiger partial charge >= 0.3 is 0 Å². The van der Waals surface area contributed by atoms with Crippen LogP contribution in [0.15, 0.2) is 42.5 Å². The van der Waals surface area contributed by atoms with E-state index < -0.39 is 0 Å². The van der Waals surface area contributed by atoms with Crippen molar-refractivity contribution in [1.82, 2.24) is 4.90 Å². The molecule has 1 aliphatic heterocycles. The number of rotatable bonds is 2. The molecular formula is C16H17N3O. The van der Waals surface area contributed by atoms with Crippen LogP contribution >= 0.6 is 0 Å². The predicted octanol–water partition coefficient (Wildman–Crippen LogP) is 2.47. The fourth-order valence-corrected chi connectivity index (χ4v) is 2.53. The predicted molar refractivity (Wildman–Crippen MR) is 80.4 cm³/mol. The maximum atomic E-state index is 12.2. The number of nitrogens with zero attached hydrogens (tertiary/aromatic N) is 1. The lowest BCUT2D eigenvalue weighted by Gasteiger charge is -2.07. The summed E-state index contributed by atoms with van der Waals surface area (Å²) in [6.45, 7) is 1.90. The average molecular weight is 267 g/mol. The van der Waals surface area contributed by atoms with Crippen LogP contribution in [-0.4, -0.2) is 17.9 Å². The number of amides is 1. The number of benzene rings is 2. The van der Waals surface area contributed by atoms with Crippen LogP contribution in [0.2, 0.25) is 0 Å². The fourth-order valence-electron chi connectivity index (χ4n) is 2.53. The van der Waals surface area contributed by atoms with Gasteiger partial charge in [0.05, 0.1) is 0 Å². The summed E-state index contributed by atoms with van der Waals surface area (Å²) in [5.41, 5.74) is 10.3. The van der Waals surface area contributed by atoms with Gasteiger partial charge in [-0.2, -0.15) is 0 Å². The van der Waals surface area contributed by atoms with E-state index in [0.717, 1.165) is 18.8 Å². The van der Waals surface area contributed by atoms with Gasteiger partial charge in [-0.3, -0.25) is 9.69 Å². The molecular weight excluding hydrogens is 250 g/mol. The molecule has 1 amide bonds. The van der Waals surface area contributed by atoms with E-state index in [-0.39, 0.29) is 5.91 Å². The van der Waals surface area contributed by atoms with Crippen molar-refractivity contribution in [2.24, 2.45) is 0 Å². The summed E-state index contributed by atoms with van der Waals surface area (Å²) in [7, 11) is 2.09. The van der Waals surface area contributed by atoms with Crippen LogP contribution in [0.3, 0.4) is 0 Å². The summed E-state index contributed by atoms with van der Waals surface area (Å²) in [6.07, 6.45) is 0. The molecule has 0 spiro atoms. The Hall–Kier alpha value is -2.33. The van der Waals surface area contributed by atoms with Crippen LogP contribution < -0.4 is 11.1 Å². The van der Waals surface area contributed by atoms with E-state index in [9.17, 15) is 4.79 Å². The number of hydrogen-bond acceptors (Lipinski definition) is 3. The van der Waals surface area contributed by atoms with Gasteiger partial charge in [0.2, 0.25) is 0 Å². The van der Waals surface area contributed by atoms with Crippen molar-refractivity contribution < 1.29 is 4.79 Å². The van der Waals surface area contributed by atoms with Crippen molar-refractivity contribution in [3.05, 3.63) is 59.2 Å². The lowest BCUT2D eigenvalue weighted by atomic mass is 10.1. The van der Waals surface area contributed by atoms with Crippen LogP contribution in [-0.2, 0) is 13.1 Å². The maximum Gasteiger partial charge on any atom is 0.255 e. The second-order valence-corrected chi connectivity index (χ2v) is 5.24. The highest BCUT2D eigenvalue weighted by molar-refractivity contribution is 6.04. The minimum atomic E-state index is -0.136. The first-order valence-corrected chi connectivity index (χ1v) is 6.59. The van der Waals surface area contributed by atoms with Gasteiger partial charge < -0.3 is 11.1 Å². The molecule has 102 valence electrons. The summed E-state index contributed by atoms with van der Waals surface area (Å²) in [5.74, 6) is -0.136. The molecule has 2 aromatic rings. The Bertz CT molecular complexity index is 667. The third-order valence-corrected chi connectivity index (χ3v) is 3.49. The van der Waals surface area contributed by atoms with Crippen molar-refractivity contribution in [1.29, 1.82) is 0 Å². The molecule has 4 heteroatoms. The summed E-state index contributed by atoms with van der Waals surface area (Å²) in [4.78, 5) is 14.4. The molecule has 0 bridgehead atoms. The highest BCUT2D eigenvalue weighted by Crippen LogP contribution is 2.24. The van der Waals surface area contributed by atoms with Crippen LogP contribution in [0.1, 0.15) is 21.5 Å². The van der Waals surface area contributed by atoms with Gasteiger partial charge in [-0.15, -0.1) is 0 Å². The Balaban J connectivity index is 1.79. The number of nitrogen functional groups attached to an aromatic ring is 1. The highest BCUT2D eigenvalue weighted by atomic mass is 16.1. The standard InChI is InChI=1S/C16H17N3O/c1-19-9-12-5-6-15(8-13(12)10-19)18-16(20)11-3-2-4-14(17)7-11/h2-8H,9-10,17H2,1H3,(H,18,20). The topological polar surface area (TPSA) is 58.4 Å². The lowest BCUT2D eigenvalue weighted by Crippen LogP contribution is -2.12. The zero-order chi connectivity index (χ0) is 14.1. The number of nitrogens with two attached hydrogens (primary N) is 1. The van der Waals surface area contributed by atoms with Crippen LogP contribution in [0.4, 0.5) is 11.4 Å². The Morgan fingerprint density at radius 1 is 1.15 bits per heavy atom. The fraction of sp³-hybridized carbons (Fsp3) is 0.188. The van der Waals surface area contributed by atoms with E-state index in [1.807, 2.05) is 12.1 Å². The molecule has 0 saturated heterocycles. The highest BCUT2D eigenvalue weighted by Gasteiger charge is 2.16. The number of hydrogen-bond donors (Lipinski definition) is 2. The SMILES string of the molecule is CN1Cc2ccc(NC(=O)c3cccc(N)c3)cc2C1. The summed E-state index contributed by atoms with van der Waals surface area (Å²) in [6, 6.07) is 13.0. The van der Waals surface area contributed by atoms with E-state index in [0.29, 0.717) is 11.3 Å². The average Bonchev–Trinajstić information content (AvgIpc) is 2.78. The molecule has 0 unspecified atom stereocenters. The molecule has 0 saturated carbocycles. The van der Waals surface area contributed by atoms with Gasteiger partial charge in [0.1, 0.15) is 0 Å². The van der Waals surface area contributed by atoms with Crippen molar-refractivity contribution in [3.63, 3.8) is 0 Å². The molecule has 1 heterocycles. The second-order valence-electron chi connectivity index (χ2n) is 5.24. The Morgan fingerprint density at radius 3 is 2.75 bits per heavy atom. The molecule has 20 heavy (non-hydrogen) atoms. The second kappa shape index (κ2) is 4.98. The molecule has 2 aromatic carbocycles. The first-order valence-electron chi connectivity index (χ1n) is 6.59. The third-order valence-electron chi connectivity index (χ3n) is 3.49. The molecule has 3 rings (SSSR count). The van der Waals surface area contributed by atoms with Gasteiger partial charge in [0.25, 0.3) is 5.91 Å². The molecule has 3 N–H and O–H groups in total. The quantitative estimate of drug-likeness (QED) is 0.822. The van der Waals surface area contributed by atoms with Crippen molar-refractivity contribution in [3.8, 4) is 0 Å². The molecule has 4 nitrogen and oxygen atoms in total. The van der Waals surface area contributed by atoms with E-state index in [1.165, 1.54) is 11.1 Å². The van der Waals surface area contributed by atoms with E-state index in [4.69, 9.17) is 5.73 Å². The zero-order valence-electron chi connectivity index (χ0n) is 11.4. The monoisotopic (exact) mass is 267 g/mol. The largest absolute Gasteiger partial charge is 0.399 e. The van der Waals surface area contributed by atoms with Gasteiger partial charge in [-0.05, 0) is 48.5 Å². The first-order chi connectivity index (χ1) is 9.61. The molecule has 0 radical (unpaired) electrons. The van der Waals surface area contributed by atoms with E-state index in [2.05, 4.69) is 23.3 Å². The Kier molecular flexibility index (Phi) is 3.16. The summed E-state index contributed by atoms with van der Waals surface area (Å²) < 4.78 is 0. The Morgan fingerprint density at radius 2 is 1.95 bits per heavy atom. The van der Waals surface area contributed by atoms with Crippen molar-refractivity contribution >= 4 is 17.3 Å².